The number of carbonyl (C=O) groups is 1. The second kappa shape index (κ2) is 8.50. The maximum Gasteiger partial charge on any atom is 0.258 e. The van der Waals surface area contributed by atoms with Crippen LogP contribution in [0.3, 0.4) is 0 Å². The minimum Gasteiger partial charge on any atom is -0.497 e. The van der Waals surface area contributed by atoms with Gasteiger partial charge in [0.1, 0.15) is 5.75 Å². The minimum atomic E-state index is -0.263. The molecule has 33 heavy (non-hydrogen) atoms. The molecule has 9 nitrogen and oxygen atoms in total. The Hall–Kier alpha value is -4.01. The van der Waals surface area contributed by atoms with Gasteiger partial charge in [-0.25, -0.2) is 0 Å². The molecule has 0 spiro atoms. The first-order chi connectivity index (χ1) is 16.0. The first kappa shape index (κ1) is 20.9. The van der Waals surface area contributed by atoms with Crippen LogP contribution in [0.15, 0.2) is 53.3 Å². The van der Waals surface area contributed by atoms with E-state index in [4.69, 9.17) is 9.26 Å². The molecule has 1 saturated heterocycles. The van der Waals surface area contributed by atoms with Crippen LogP contribution in [0.4, 0.5) is 0 Å². The predicted octanol–water partition coefficient (Wildman–Crippen LogP) is 3.92. The van der Waals surface area contributed by atoms with Crippen LogP contribution in [0.1, 0.15) is 46.2 Å². The molecule has 1 aliphatic heterocycles. The smallest absolute Gasteiger partial charge is 0.258 e. The summed E-state index contributed by atoms with van der Waals surface area (Å²) >= 11 is 0. The van der Waals surface area contributed by atoms with Crippen molar-refractivity contribution in [2.45, 2.75) is 32.7 Å². The van der Waals surface area contributed by atoms with E-state index in [1.54, 1.807) is 19.5 Å². The van der Waals surface area contributed by atoms with Gasteiger partial charge in [-0.1, -0.05) is 17.3 Å². The number of amides is 1. The molecule has 3 heterocycles. The number of ether oxygens (including phenoxy) is 1. The van der Waals surface area contributed by atoms with Crippen LogP contribution in [-0.2, 0) is 0 Å². The summed E-state index contributed by atoms with van der Waals surface area (Å²) in [4.78, 5) is 21.6. The Balaban J connectivity index is 1.46. The number of likely N-dealkylation sites (tertiary alicyclic amines) is 1. The zero-order valence-corrected chi connectivity index (χ0v) is 18.7. The Morgan fingerprint density at radius 1 is 1.12 bits per heavy atom. The number of benzene rings is 2. The molecule has 4 aromatic rings. The van der Waals surface area contributed by atoms with Crippen LogP contribution in [0.5, 0.6) is 5.75 Å². The number of rotatable bonds is 5. The van der Waals surface area contributed by atoms with E-state index in [0.717, 1.165) is 29.5 Å². The van der Waals surface area contributed by atoms with Crippen molar-refractivity contribution in [3.8, 4) is 22.9 Å². The van der Waals surface area contributed by atoms with Crippen molar-refractivity contribution in [3.05, 3.63) is 71.3 Å². The highest BCUT2D eigenvalue weighted by atomic mass is 16.5. The molecule has 5 rings (SSSR count). The van der Waals surface area contributed by atoms with Gasteiger partial charge in [-0.05, 0) is 62.1 Å². The molecule has 0 saturated carbocycles. The van der Waals surface area contributed by atoms with E-state index < -0.39 is 0 Å². The van der Waals surface area contributed by atoms with Gasteiger partial charge in [0, 0.05) is 12.1 Å². The Bertz CT molecular complexity index is 1300. The number of aryl methyl sites for hydroxylation is 2. The molecule has 9 heteroatoms. The molecule has 1 amide bonds. The van der Waals surface area contributed by atoms with E-state index >= 15 is 0 Å². The van der Waals surface area contributed by atoms with E-state index in [0.29, 0.717) is 35.3 Å². The summed E-state index contributed by atoms with van der Waals surface area (Å²) in [5, 5.41) is 12.7. The number of nitrogens with zero attached hydrogens (tertiary/aromatic N) is 6. The number of hydrogen-bond acceptors (Lipinski definition) is 7. The maximum absolute atomic E-state index is 13.6. The van der Waals surface area contributed by atoms with Gasteiger partial charge in [-0.2, -0.15) is 20.0 Å². The van der Waals surface area contributed by atoms with Crippen LogP contribution < -0.4 is 4.74 Å². The van der Waals surface area contributed by atoms with Gasteiger partial charge in [0.2, 0.25) is 0 Å². The summed E-state index contributed by atoms with van der Waals surface area (Å²) in [5.74, 6) is 1.53. The third-order valence-electron chi connectivity index (χ3n) is 5.95. The van der Waals surface area contributed by atoms with Crippen molar-refractivity contribution in [2.24, 2.45) is 0 Å². The molecule has 1 fully saturated rings. The Morgan fingerprint density at radius 2 is 1.94 bits per heavy atom. The molecule has 0 aliphatic carbocycles. The largest absolute Gasteiger partial charge is 0.497 e. The molecule has 1 atom stereocenters. The third kappa shape index (κ3) is 3.86. The summed E-state index contributed by atoms with van der Waals surface area (Å²) in [6, 6.07) is 11.1. The number of hydrogen-bond donors (Lipinski definition) is 0. The lowest BCUT2D eigenvalue weighted by molar-refractivity contribution is 0.0728. The number of methoxy groups -OCH3 is 1. The Kier molecular flexibility index (Phi) is 5.37. The van der Waals surface area contributed by atoms with E-state index in [2.05, 4.69) is 20.3 Å². The number of carbonyl (C=O) groups excluding carboxylic acids is 1. The predicted molar refractivity (Wildman–Crippen MR) is 120 cm³/mol. The molecule has 2 aromatic carbocycles. The lowest BCUT2D eigenvalue weighted by atomic mass is 10.1. The zero-order valence-electron chi connectivity index (χ0n) is 18.7. The molecular weight excluding hydrogens is 420 g/mol. The molecule has 0 radical (unpaired) electrons. The summed E-state index contributed by atoms with van der Waals surface area (Å²) < 4.78 is 10.9. The van der Waals surface area contributed by atoms with Gasteiger partial charge in [-0.15, -0.1) is 0 Å². The molecular formula is C24H24N6O3. The fourth-order valence-electron chi connectivity index (χ4n) is 4.20. The fraction of sp³-hybridized carbons (Fsp3) is 0.292. The summed E-state index contributed by atoms with van der Waals surface area (Å²) in [6.45, 7) is 4.57. The highest BCUT2D eigenvalue weighted by Gasteiger charge is 2.35. The molecule has 1 aliphatic rings. The Labute approximate surface area is 191 Å². The second-order valence-electron chi connectivity index (χ2n) is 8.13. The van der Waals surface area contributed by atoms with Gasteiger partial charge < -0.3 is 14.2 Å². The molecule has 168 valence electrons. The standard InChI is InChI=1S/C24H24N6O3/c1-15-6-9-18(21(13-15)30-25-10-11-26-30)24(31)29-12-4-5-20(29)22-27-23(33-28-22)19-14-17(32-3)8-7-16(19)2/h6-11,13-14,20H,4-5,12H2,1-3H3. The maximum atomic E-state index is 13.6. The zero-order chi connectivity index (χ0) is 22.9. The Morgan fingerprint density at radius 3 is 2.73 bits per heavy atom. The van der Waals surface area contributed by atoms with Crippen LogP contribution in [0.25, 0.3) is 17.1 Å². The van der Waals surface area contributed by atoms with Gasteiger partial charge in [0.25, 0.3) is 11.8 Å². The fourth-order valence-corrected chi connectivity index (χ4v) is 4.20. The van der Waals surface area contributed by atoms with Crippen molar-refractivity contribution in [1.29, 1.82) is 0 Å². The van der Waals surface area contributed by atoms with Crippen molar-refractivity contribution >= 4 is 5.91 Å². The van der Waals surface area contributed by atoms with Gasteiger partial charge >= 0.3 is 0 Å². The first-order valence-corrected chi connectivity index (χ1v) is 10.8. The van der Waals surface area contributed by atoms with Crippen LogP contribution in [0, 0.1) is 13.8 Å². The topological polar surface area (TPSA) is 99.2 Å². The molecule has 0 bridgehead atoms. The average molecular weight is 444 g/mol. The van der Waals surface area contributed by atoms with Crippen molar-refractivity contribution in [1.82, 2.24) is 30.0 Å². The summed E-state index contributed by atoms with van der Waals surface area (Å²) in [6.07, 6.45) is 4.82. The monoisotopic (exact) mass is 444 g/mol. The van der Waals surface area contributed by atoms with Gasteiger partial charge in [0.15, 0.2) is 5.82 Å². The summed E-state index contributed by atoms with van der Waals surface area (Å²) in [5.41, 5.74) is 4.02. The van der Waals surface area contributed by atoms with Crippen LogP contribution in [-0.4, -0.2) is 49.6 Å². The third-order valence-corrected chi connectivity index (χ3v) is 5.95. The van der Waals surface area contributed by atoms with Gasteiger partial charge in [0.05, 0.1) is 36.8 Å². The van der Waals surface area contributed by atoms with E-state index in [-0.39, 0.29) is 11.9 Å². The molecule has 1 unspecified atom stereocenters. The normalized spacial score (nSPS) is 15.7. The highest BCUT2D eigenvalue weighted by Crippen LogP contribution is 2.34. The SMILES string of the molecule is COc1ccc(C)c(-c2nc(C3CCCN3C(=O)c3ccc(C)cc3-n3nccn3)no2)c1. The molecule has 2 aromatic heterocycles. The van der Waals surface area contributed by atoms with Crippen molar-refractivity contribution < 1.29 is 14.1 Å². The highest BCUT2D eigenvalue weighted by molar-refractivity contribution is 5.98. The van der Waals surface area contributed by atoms with E-state index in [1.807, 2.05) is 55.1 Å². The van der Waals surface area contributed by atoms with E-state index in [9.17, 15) is 4.79 Å². The lowest BCUT2D eigenvalue weighted by Crippen LogP contribution is -2.32. The molecule has 0 N–H and O–H groups in total. The quantitative estimate of drug-likeness (QED) is 0.460. The van der Waals surface area contributed by atoms with Crippen molar-refractivity contribution in [3.63, 3.8) is 0 Å². The average Bonchev–Trinajstić information content (AvgIpc) is 3.60. The van der Waals surface area contributed by atoms with Gasteiger partial charge in [-0.3, -0.25) is 4.79 Å². The summed E-state index contributed by atoms with van der Waals surface area (Å²) in [7, 11) is 1.62. The second-order valence-corrected chi connectivity index (χ2v) is 8.13. The van der Waals surface area contributed by atoms with Crippen LogP contribution in [0.2, 0.25) is 0 Å². The minimum absolute atomic E-state index is 0.103. The van der Waals surface area contributed by atoms with E-state index in [1.165, 1.54) is 4.80 Å². The first-order valence-electron chi connectivity index (χ1n) is 10.8. The van der Waals surface area contributed by atoms with Crippen molar-refractivity contribution in [2.75, 3.05) is 13.7 Å². The van der Waals surface area contributed by atoms with Crippen LogP contribution >= 0.6 is 0 Å². The lowest BCUT2D eigenvalue weighted by Gasteiger charge is -2.23. The number of aromatic nitrogens is 5.